The summed E-state index contributed by atoms with van der Waals surface area (Å²) in [4.78, 5) is 2.50. The van der Waals surface area contributed by atoms with Crippen LogP contribution in [0.5, 0.6) is 0 Å². The largest absolute Gasteiger partial charge is 0.453 e. The van der Waals surface area contributed by atoms with Crippen molar-refractivity contribution in [3.63, 3.8) is 0 Å². The smallest absolute Gasteiger partial charge is 0.169 e. The van der Waals surface area contributed by atoms with Gasteiger partial charge < -0.3 is 4.42 Å². The van der Waals surface area contributed by atoms with Gasteiger partial charge in [0.05, 0.1) is 6.54 Å². The highest BCUT2D eigenvalue weighted by Gasteiger charge is 2.10. The highest BCUT2D eigenvalue weighted by atomic mass is 79.9. The molecule has 0 N–H and O–H groups in total. The Bertz CT molecular complexity index is 290. The average Bonchev–Trinajstić information content (AvgIpc) is 2.56. The van der Waals surface area contributed by atoms with E-state index in [2.05, 4.69) is 26.9 Å². The normalized spacial score (nSPS) is 19.8. The van der Waals surface area contributed by atoms with Crippen LogP contribution in [0.1, 0.15) is 37.9 Å². The van der Waals surface area contributed by atoms with Crippen LogP contribution in [0.25, 0.3) is 0 Å². The summed E-state index contributed by atoms with van der Waals surface area (Å²) in [6.07, 6.45) is 6.86. The first-order chi connectivity index (χ1) is 7.34. The van der Waals surface area contributed by atoms with Crippen molar-refractivity contribution >= 4 is 15.9 Å². The molecule has 1 saturated heterocycles. The number of halogens is 1. The van der Waals surface area contributed by atoms with Crippen LogP contribution >= 0.6 is 15.9 Å². The van der Waals surface area contributed by atoms with Crippen LogP contribution in [-0.4, -0.2) is 18.0 Å². The number of furan rings is 1. The Morgan fingerprint density at radius 2 is 1.73 bits per heavy atom. The highest BCUT2D eigenvalue weighted by Crippen LogP contribution is 2.17. The van der Waals surface area contributed by atoms with E-state index < -0.39 is 0 Å². The van der Waals surface area contributed by atoms with Gasteiger partial charge in [-0.05, 0) is 54.0 Å². The Hall–Kier alpha value is -0.280. The van der Waals surface area contributed by atoms with Gasteiger partial charge in [-0.2, -0.15) is 0 Å². The molecule has 1 fully saturated rings. The number of likely N-dealkylation sites (tertiary alicyclic amines) is 1. The first-order valence-electron chi connectivity index (χ1n) is 5.81. The maximum atomic E-state index is 5.53. The molecule has 2 heterocycles. The number of hydrogen-bond donors (Lipinski definition) is 0. The minimum absolute atomic E-state index is 0.838. The fourth-order valence-corrected chi connectivity index (χ4v) is 2.47. The van der Waals surface area contributed by atoms with Gasteiger partial charge in [0, 0.05) is 0 Å². The molecule has 0 spiro atoms. The molecule has 0 radical (unpaired) electrons. The van der Waals surface area contributed by atoms with Gasteiger partial charge in [0.2, 0.25) is 0 Å². The first-order valence-corrected chi connectivity index (χ1v) is 6.60. The molecule has 1 aromatic rings. The van der Waals surface area contributed by atoms with Crippen LogP contribution in [-0.2, 0) is 6.54 Å². The van der Waals surface area contributed by atoms with Gasteiger partial charge in [0.15, 0.2) is 4.67 Å². The third-order valence-corrected chi connectivity index (χ3v) is 3.38. The van der Waals surface area contributed by atoms with Gasteiger partial charge >= 0.3 is 0 Å². The molecule has 0 saturated carbocycles. The summed E-state index contributed by atoms with van der Waals surface area (Å²) in [7, 11) is 0. The van der Waals surface area contributed by atoms with Crippen molar-refractivity contribution < 1.29 is 4.42 Å². The molecule has 15 heavy (non-hydrogen) atoms. The molecule has 1 aromatic heterocycles. The second-order valence-electron chi connectivity index (χ2n) is 4.25. The molecule has 0 amide bonds. The van der Waals surface area contributed by atoms with Gasteiger partial charge in [-0.25, -0.2) is 0 Å². The van der Waals surface area contributed by atoms with E-state index in [1.54, 1.807) is 0 Å². The zero-order chi connectivity index (χ0) is 10.5. The van der Waals surface area contributed by atoms with Crippen molar-refractivity contribution in [3.05, 3.63) is 22.6 Å². The Labute approximate surface area is 99.8 Å². The molecule has 1 aliphatic heterocycles. The summed E-state index contributed by atoms with van der Waals surface area (Å²) >= 11 is 3.34. The SMILES string of the molecule is Brc1ccc(CN2CCCCCCC2)o1. The Morgan fingerprint density at radius 1 is 1.07 bits per heavy atom. The number of rotatable bonds is 2. The van der Waals surface area contributed by atoms with E-state index in [1.807, 2.05) is 6.07 Å². The van der Waals surface area contributed by atoms with Crippen molar-refractivity contribution in [2.75, 3.05) is 13.1 Å². The molecule has 0 unspecified atom stereocenters. The predicted octanol–water partition coefficient (Wildman–Crippen LogP) is 3.81. The lowest BCUT2D eigenvalue weighted by Gasteiger charge is -2.23. The third kappa shape index (κ3) is 3.65. The fraction of sp³-hybridized carbons (Fsp3) is 0.667. The molecule has 2 nitrogen and oxygen atoms in total. The van der Waals surface area contributed by atoms with Gasteiger partial charge in [-0.15, -0.1) is 0 Å². The van der Waals surface area contributed by atoms with E-state index >= 15 is 0 Å². The molecule has 0 bridgehead atoms. The van der Waals surface area contributed by atoms with Crippen molar-refractivity contribution in [1.82, 2.24) is 4.90 Å². The van der Waals surface area contributed by atoms with Crippen LogP contribution in [0, 0.1) is 0 Å². The second kappa shape index (κ2) is 5.71. The number of hydrogen-bond acceptors (Lipinski definition) is 2. The summed E-state index contributed by atoms with van der Waals surface area (Å²) in [5, 5.41) is 0. The van der Waals surface area contributed by atoms with E-state index in [9.17, 15) is 0 Å². The Morgan fingerprint density at radius 3 is 2.33 bits per heavy atom. The van der Waals surface area contributed by atoms with E-state index in [0.29, 0.717) is 0 Å². The lowest BCUT2D eigenvalue weighted by molar-refractivity contribution is 0.221. The lowest BCUT2D eigenvalue weighted by atomic mass is 10.1. The van der Waals surface area contributed by atoms with Crippen LogP contribution in [0.2, 0.25) is 0 Å². The maximum absolute atomic E-state index is 5.53. The van der Waals surface area contributed by atoms with Crippen LogP contribution in [0.3, 0.4) is 0 Å². The molecule has 0 aromatic carbocycles. The Balaban J connectivity index is 1.86. The quantitative estimate of drug-likeness (QED) is 0.814. The van der Waals surface area contributed by atoms with E-state index in [0.717, 1.165) is 17.0 Å². The first kappa shape index (κ1) is 11.2. The van der Waals surface area contributed by atoms with Crippen LogP contribution in [0.4, 0.5) is 0 Å². The van der Waals surface area contributed by atoms with Gasteiger partial charge in [-0.3, -0.25) is 4.90 Å². The highest BCUT2D eigenvalue weighted by molar-refractivity contribution is 9.10. The minimum Gasteiger partial charge on any atom is -0.453 e. The van der Waals surface area contributed by atoms with Crippen molar-refractivity contribution in [2.45, 2.75) is 38.6 Å². The molecule has 0 atom stereocenters. The van der Waals surface area contributed by atoms with E-state index in [-0.39, 0.29) is 0 Å². The van der Waals surface area contributed by atoms with Crippen LogP contribution < -0.4 is 0 Å². The lowest BCUT2D eigenvalue weighted by Crippen LogP contribution is -2.26. The summed E-state index contributed by atoms with van der Waals surface area (Å²) < 4.78 is 6.37. The Kier molecular flexibility index (Phi) is 4.27. The predicted molar refractivity (Wildman–Crippen MR) is 64.8 cm³/mol. The molecule has 0 aliphatic carbocycles. The van der Waals surface area contributed by atoms with E-state index in [1.165, 1.54) is 45.2 Å². The van der Waals surface area contributed by atoms with E-state index in [4.69, 9.17) is 4.42 Å². The van der Waals surface area contributed by atoms with Crippen molar-refractivity contribution in [2.24, 2.45) is 0 Å². The summed E-state index contributed by atoms with van der Waals surface area (Å²) in [6.45, 7) is 3.40. The fourth-order valence-electron chi connectivity index (χ4n) is 2.13. The topological polar surface area (TPSA) is 16.4 Å². The standard InChI is InChI=1S/C12H18BrNO/c13-12-7-6-11(15-12)10-14-8-4-2-1-3-5-9-14/h6-7H,1-5,8-10H2. The zero-order valence-electron chi connectivity index (χ0n) is 9.04. The summed E-state index contributed by atoms with van der Waals surface area (Å²) in [6, 6.07) is 4.03. The van der Waals surface area contributed by atoms with Gasteiger partial charge in [0.25, 0.3) is 0 Å². The number of nitrogens with zero attached hydrogens (tertiary/aromatic N) is 1. The monoisotopic (exact) mass is 271 g/mol. The minimum atomic E-state index is 0.838. The molecular formula is C12H18BrNO. The summed E-state index contributed by atoms with van der Waals surface area (Å²) in [5.74, 6) is 1.07. The summed E-state index contributed by atoms with van der Waals surface area (Å²) in [5.41, 5.74) is 0. The average molecular weight is 272 g/mol. The molecule has 1 aliphatic rings. The third-order valence-electron chi connectivity index (χ3n) is 2.96. The molecular weight excluding hydrogens is 254 g/mol. The zero-order valence-corrected chi connectivity index (χ0v) is 10.6. The second-order valence-corrected chi connectivity index (χ2v) is 5.03. The molecule has 84 valence electrons. The van der Waals surface area contributed by atoms with Gasteiger partial charge in [-0.1, -0.05) is 19.3 Å². The maximum Gasteiger partial charge on any atom is 0.169 e. The molecule has 2 rings (SSSR count). The van der Waals surface area contributed by atoms with Crippen LogP contribution in [0.15, 0.2) is 21.2 Å². The van der Waals surface area contributed by atoms with Crippen molar-refractivity contribution in [1.29, 1.82) is 0 Å². The van der Waals surface area contributed by atoms with Crippen molar-refractivity contribution in [3.8, 4) is 0 Å². The molecule has 3 heteroatoms. The van der Waals surface area contributed by atoms with Gasteiger partial charge in [0.1, 0.15) is 5.76 Å².